The lowest BCUT2D eigenvalue weighted by Crippen LogP contribution is -2.26. The van der Waals surface area contributed by atoms with E-state index in [1.165, 1.54) is 61.2 Å². The van der Waals surface area contributed by atoms with Crippen LogP contribution in [0, 0.1) is 0 Å². The molecule has 1 spiro atoms. The predicted molar refractivity (Wildman–Crippen MR) is 155 cm³/mol. The maximum Gasteiger partial charge on any atom is 0.0725 e. The first kappa shape index (κ1) is 21.9. The lowest BCUT2D eigenvalue weighted by Gasteiger charge is -2.31. The van der Waals surface area contributed by atoms with Crippen LogP contribution in [0.2, 0.25) is 0 Å². The molecule has 0 atom stereocenters. The van der Waals surface area contributed by atoms with Crippen LogP contribution in [-0.4, -0.2) is 0 Å². The molecule has 0 radical (unpaired) electrons. The summed E-state index contributed by atoms with van der Waals surface area (Å²) in [6, 6.07) is 34.0. The maximum atomic E-state index is 3.49. The van der Waals surface area contributed by atoms with E-state index in [0.29, 0.717) is 0 Å². The molecule has 4 aromatic rings. The summed E-state index contributed by atoms with van der Waals surface area (Å²) in [5.74, 6) is 0. The standard InChI is InChI=1S/C37H28/c1-3-13-35-36(29-23-22-25(4-2)24-31(29)26-14-5-6-15-26)30-18-9-12-21-34(30)37(35)32-19-10-7-16-27(32)28-17-8-11-20-33(28)37/h3,5-14,16-24H,4H2,1-2H3/b13-3-. The topological polar surface area (TPSA) is 0 Å². The van der Waals surface area contributed by atoms with Crippen molar-refractivity contribution in [2.24, 2.45) is 0 Å². The van der Waals surface area contributed by atoms with Gasteiger partial charge in [-0.1, -0.05) is 110 Å². The van der Waals surface area contributed by atoms with Crippen molar-refractivity contribution in [3.8, 4) is 11.1 Å². The number of aryl methyl sites for hydroxylation is 1. The van der Waals surface area contributed by atoms with Gasteiger partial charge in [-0.25, -0.2) is 0 Å². The lowest BCUT2D eigenvalue weighted by atomic mass is 9.69. The van der Waals surface area contributed by atoms with E-state index in [0.717, 1.165) is 12.0 Å². The van der Waals surface area contributed by atoms with Crippen molar-refractivity contribution in [3.63, 3.8) is 0 Å². The summed E-state index contributed by atoms with van der Waals surface area (Å²) in [7, 11) is 0. The van der Waals surface area contributed by atoms with Crippen LogP contribution >= 0.6 is 0 Å². The second-order valence-corrected chi connectivity index (χ2v) is 9.99. The van der Waals surface area contributed by atoms with Gasteiger partial charge in [0.2, 0.25) is 0 Å². The molecule has 0 nitrogen and oxygen atoms in total. The van der Waals surface area contributed by atoms with Crippen LogP contribution in [0.15, 0.2) is 133 Å². The van der Waals surface area contributed by atoms with Gasteiger partial charge in [0.1, 0.15) is 0 Å². The summed E-state index contributed by atoms with van der Waals surface area (Å²) in [5, 5.41) is 0. The SMILES string of the molecule is C/C=C\C1=C(c2ccc(CC)cc2C2=C=CC=C2)c2ccccc2C12c1ccccc1-c1ccccc12. The van der Waals surface area contributed by atoms with E-state index >= 15 is 0 Å². The van der Waals surface area contributed by atoms with E-state index in [9.17, 15) is 0 Å². The van der Waals surface area contributed by atoms with E-state index in [4.69, 9.17) is 0 Å². The van der Waals surface area contributed by atoms with Gasteiger partial charge in [0, 0.05) is 5.57 Å². The lowest BCUT2D eigenvalue weighted by molar-refractivity contribution is 0.786. The smallest absolute Gasteiger partial charge is 0.0725 e. The molecule has 0 heteroatoms. The van der Waals surface area contributed by atoms with Crippen LogP contribution in [-0.2, 0) is 11.8 Å². The molecule has 0 fully saturated rings. The molecule has 7 rings (SSSR count). The van der Waals surface area contributed by atoms with Crippen LogP contribution < -0.4 is 0 Å². The Bertz CT molecular complexity index is 1700. The zero-order valence-corrected chi connectivity index (χ0v) is 21.3. The molecule has 37 heavy (non-hydrogen) atoms. The molecule has 0 aliphatic heterocycles. The van der Waals surface area contributed by atoms with Gasteiger partial charge in [-0.2, -0.15) is 0 Å². The highest BCUT2D eigenvalue weighted by molar-refractivity contribution is 6.02. The third kappa shape index (κ3) is 2.91. The van der Waals surface area contributed by atoms with Crippen LogP contribution in [0.5, 0.6) is 0 Å². The van der Waals surface area contributed by atoms with Gasteiger partial charge in [0.05, 0.1) is 5.41 Å². The first-order valence-electron chi connectivity index (χ1n) is 13.2. The van der Waals surface area contributed by atoms with E-state index < -0.39 is 0 Å². The summed E-state index contributed by atoms with van der Waals surface area (Å²) < 4.78 is 0. The molecule has 0 saturated heterocycles. The Kier molecular flexibility index (Phi) is 4.93. The molecule has 0 saturated carbocycles. The molecular weight excluding hydrogens is 444 g/mol. The van der Waals surface area contributed by atoms with Crippen molar-refractivity contribution < 1.29 is 0 Å². The zero-order chi connectivity index (χ0) is 25.0. The zero-order valence-electron chi connectivity index (χ0n) is 21.3. The molecule has 0 amide bonds. The highest BCUT2D eigenvalue weighted by Gasteiger charge is 2.52. The Labute approximate surface area is 219 Å². The summed E-state index contributed by atoms with van der Waals surface area (Å²) in [6.07, 6.45) is 11.9. The van der Waals surface area contributed by atoms with Crippen LogP contribution in [0.25, 0.3) is 22.3 Å². The van der Waals surface area contributed by atoms with Crippen LogP contribution in [0.3, 0.4) is 0 Å². The summed E-state index contributed by atoms with van der Waals surface area (Å²) in [4.78, 5) is 0. The Balaban J connectivity index is 1.66. The first-order valence-corrected chi connectivity index (χ1v) is 13.2. The van der Waals surface area contributed by atoms with Gasteiger partial charge in [-0.3, -0.25) is 0 Å². The Morgan fingerprint density at radius 2 is 1.32 bits per heavy atom. The minimum absolute atomic E-state index is 0.345. The Morgan fingerprint density at radius 3 is 1.92 bits per heavy atom. The van der Waals surface area contributed by atoms with E-state index in [-0.39, 0.29) is 5.41 Å². The fourth-order valence-electron chi connectivity index (χ4n) is 6.74. The monoisotopic (exact) mass is 472 g/mol. The molecule has 0 N–H and O–H groups in total. The second-order valence-electron chi connectivity index (χ2n) is 9.99. The van der Waals surface area contributed by atoms with Crippen molar-refractivity contribution in [3.05, 3.63) is 172 Å². The normalized spacial score (nSPS) is 16.0. The fraction of sp³-hybridized carbons (Fsp3) is 0.108. The molecular formula is C37H28. The Morgan fingerprint density at radius 1 is 0.703 bits per heavy atom. The Hall–Kier alpha value is -4.38. The van der Waals surface area contributed by atoms with Crippen molar-refractivity contribution in [1.82, 2.24) is 0 Å². The van der Waals surface area contributed by atoms with Gasteiger partial charge in [-0.15, -0.1) is 5.73 Å². The molecule has 3 aliphatic carbocycles. The highest BCUT2D eigenvalue weighted by Crippen LogP contribution is 2.63. The number of benzene rings is 4. The predicted octanol–water partition coefficient (Wildman–Crippen LogP) is 9.06. The molecule has 0 heterocycles. The first-order chi connectivity index (χ1) is 18.3. The number of hydrogen-bond donors (Lipinski definition) is 0. The van der Waals surface area contributed by atoms with Crippen molar-refractivity contribution in [2.75, 3.05) is 0 Å². The molecule has 4 aromatic carbocycles. The molecule has 0 aromatic heterocycles. The van der Waals surface area contributed by atoms with Crippen LogP contribution in [0.1, 0.15) is 52.8 Å². The molecule has 0 unspecified atom stereocenters. The summed E-state index contributed by atoms with van der Waals surface area (Å²) in [6.45, 7) is 4.37. The minimum Gasteiger partial charge on any atom is -0.112 e. The number of rotatable bonds is 4. The third-order valence-corrected chi connectivity index (χ3v) is 8.21. The van der Waals surface area contributed by atoms with E-state index in [1.807, 2.05) is 6.08 Å². The van der Waals surface area contributed by atoms with Gasteiger partial charge < -0.3 is 0 Å². The molecule has 3 aliphatic rings. The molecule has 176 valence electrons. The second kappa shape index (κ2) is 8.34. The number of allylic oxidation sites excluding steroid dienone is 6. The van der Waals surface area contributed by atoms with Crippen LogP contribution in [0.4, 0.5) is 0 Å². The van der Waals surface area contributed by atoms with Gasteiger partial charge >= 0.3 is 0 Å². The average Bonchev–Trinajstić information content (AvgIpc) is 3.66. The van der Waals surface area contributed by atoms with Crippen molar-refractivity contribution in [1.29, 1.82) is 0 Å². The van der Waals surface area contributed by atoms with Gasteiger partial charge in [-0.05, 0) is 92.8 Å². The van der Waals surface area contributed by atoms with E-state index in [2.05, 4.69) is 135 Å². The fourth-order valence-corrected chi connectivity index (χ4v) is 6.74. The van der Waals surface area contributed by atoms with Gasteiger partial charge in [0.25, 0.3) is 0 Å². The summed E-state index contributed by atoms with van der Waals surface area (Å²) in [5.41, 5.74) is 19.0. The number of fused-ring (bicyclic) bond motifs is 7. The van der Waals surface area contributed by atoms with Crippen molar-refractivity contribution >= 4 is 11.1 Å². The van der Waals surface area contributed by atoms with Crippen molar-refractivity contribution in [2.45, 2.75) is 25.7 Å². The molecule has 0 bridgehead atoms. The summed E-state index contributed by atoms with van der Waals surface area (Å²) >= 11 is 0. The largest absolute Gasteiger partial charge is 0.112 e. The minimum atomic E-state index is -0.345. The van der Waals surface area contributed by atoms with Gasteiger partial charge in [0.15, 0.2) is 0 Å². The van der Waals surface area contributed by atoms with E-state index in [1.54, 1.807) is 0 Å². The highest BCUT2D eigenvalue weighted by atomic mass is 14.5. The quantitative estimate of drug-likeness (QED) is 0.260. The average molecular weight is 473 g/mol. The maximum absolute atomic E-state index is 3.49. The third-order valence-electron chi connectivity index (χ3n) is 8.21. The number of hydrogen-bond acceptors (Lipinski definition) is 0.